The summed E-state index contributed by atoms with van der Waals surface area (Å²) < 4.78 is 26.8. The van der Waals surface area contributed by atoms with Crippen LogP contribution in [0.3, 0.4) is 0 Å². The molecule has 0 fully saturated rings. The van der Waals surface area contributed by atoms with Gasteiger partial charge in [0.2, 0.25) is 10.0 Å². The zero-order valence-electron chi connectivity index (χ0n) is 10.1. The summed E-state index contributed by atoms with van der Waals surface area (Å²) in [6.45, 7) is 0.0843. The Balaban J connectivity index is 2.22. The van der Waals surface area contributed by atoms with Gasteiger partial charge >= 0.3 is 0 Å². The standard InChI is InChI=1S/C13H10Cl3NO2S/c14-10-5-6-13(12(16)7-10)20(18,19)17-8-9-3-1-2-4-11(9)15/h1-7,17H,8H2. The zero-order chi connectivity index (χ0) is 14.8. The van der Waals surface area contributed by atoms with Crippen molar-refractivity contribution < 1.29 is 8.42 Å². The van der Waals surface area contributed by atoms with Crippen molar-refractivity contribution in [3.8, 4) is 0 Å². The Morgan fingerprint density at radius 1 is 0.950 bits per heavy atom. The largest absolute Gasteiger partial charge is 0.242 e. The van der Waals surface area contributed by atoms with Gasteiger partial charge in [0.05, 0.1) is 5.02 Å². The first-order chi connectivity index (χ1) is 9.40. The Morgan fingerprint density at radius 3 is 2.30 bits per heavy atom. The van der Waals surface area contributed by atoms with Gasteiger partial charge in [-0.1, -0.05) is 53.0 Å². The van der Waals surface area contributed by atoms with E-state index in [4.69, 9.17) is 34.8 Å². The lowest BCUT2D eigenvalue weighted by molar-refractivity contribution is 0.581. The molecule has 0 aromatic heterocycles. The van der Waals surface area contributed by atoms with Crippen molar-refractivity contribution >= 4 is 44.8 Å². The Labute approximate surface area is 132 Å². The fourth-order valence-electron chi connectivity index (χ4n) is 1.59. The molecule has 0 aliphatic rings. The number of rotatable bonds is 4. The summed E-state index contributed by atoms with van der Waals surface area (Å²) in [5, 5.41) is 0.946. The van der Waals surface area contributed by atoms with Crippen LogP contribution in [0.1, 0.15) is 5.56 Å². The molecule has 0 amide bonds. The predicted octanol–water partition coefficient (Wildman–Crippen LogP) is 4.13. The average molecular weight is 351 g/mol. The van der Waals surface area contributed by atoms with Gasteiger partial charge in [0.25, 0.3) is 0 Å². The third-order valence-corrected chi connectivity index (χ3v) is 5.08. The fourth-order valence-corrected chi connectivity index (χ4v) is 3.57. The van der Waals surface area contributed by atoms with Gasteiger partial charge in [0.1, 0.15) is 4.90 Å². The molecule has 0 unspecified atom stereocenters. The molecular formula is C13H10Cl3NO2S. The fraction of sp³-hybridized carbons (Fsp3) is 0.0769. The predicted molar refractivity (Wildman–Crippen MR) is 81.9 cm³/mol. The molecule has 2 aromatic rings. The molecule has 0 aliphatic carbocycles. The minimum Gasteiger partial charge on any atom is -0.207 e. The second-order valence-electron chi connectivity index (χ2n) is 3.99. The van der Waals surface area contributed by atoms with Gasteiger partial charge in [-0.25, -0.2) is 13.1 Å². The maximum Gasteiger partial charge on any atom is 0.242 e. The molecule has 0 aliphatic heterocycles. The number of halogens is 3. The summed E-state index contributed by atoms with van der Waals surface area (Å²) in [7, 11) is -3.72. The van der Waals surface area contributed by atoms with E-state index in [9.17, 15) is 8.42 Å². The highest BCUT2D eigenvalue weighted by Gasteiger charge is 2.18. The number of hydrogen-bond acceptors (Lipinski definition) is 2. The summed E-state index contributed by atoms with van der Waals surface area (Å²) in [4.78, 5) is -0.0179. The number of benzene rings is 2. The summed E-state index contributed by atoms with van der Waals surface area (Å²) in [6.07, 6.45) is 0. The first-order valence-corrected chi connectivity index (χ1v) is 8.20. The molecule has 0 spiro atoms. The molecule has 0 atom stereocenters. The molecule has 2 aromatic carbocycles. The maximum absolute atomic E-state index is 12.2. The molecule has 0 saturated heterocycles. The Morgan fingerprint density at radius 2 is 1.65 bits per heavy atom. The van der Waals surface area contributed by atoms with Crippen LogP contribution in [0.15, 0.2) is 47.4 Å². The molecule has 7 heteroatoms. The third kappa shape index (κ3) is 3.65. The van der Waals surface area contributed by atoms with E-state index < -0.39 is 10.0 Å². The van der Waals surface area contributed by atoms with E-state index in [2.05, 4.69) is 4.72 Å². The number of hydrogen-bond donors (Lipinski definition) is 1. The Kier molecular flexibility index (Phi) is 4.94. The minimum absolute atomic E-state index is 0.0179. The minimum atomic E-state index is -3.72. The molecule has 0 saturated carbocycles. The highest BCUT2D eigenvalue weighted by molar-refractivity contribution is 7.89. The summed E-state index contributed by atoms with van der Waals surface area (Å²) in [6, 6.07) is 11.2. The van der Waals surface area contributed by atoms with Crippen molar-refractivity contribution in [2.45, 2.75) is 11.4 Å². The second-order valence-corrected chi connectivity index (χ2v) is 6.98. The van der Waals surface area contributed by atoms with Crippen molar-refractivity contribution in [1.29, 1.82) is 0 Å². The highest BCUT2D eigenvalue weighted by Crippen LogP contribution is 2.25. The van der Waals surface area contributed by atoms with E-state index in [0.717, 1.165) is 0 Å². The van der Waals surface area contributed by atoms with Gasteiger partial charge in [0.15, 0.2) is 0 Å². The number of sulfonamides is 1. The zero-order valence-corrected chi connectivity index (χ0v) is 13.2. The molecule has 0 radical (unpaired) electrons. The smallest absolute Gasteiger partial charge is 0.207 e. The normalized spacial score (nSPS) is 11.6. The van der Waals surface area contributed by atoms with Gasteiger partial charge in [0, 0.05) is 16.6 Å². The lowest BCUT2D eigenvalue weighted by Gasteiger charge is -2.09. The molecule has 3 nitrogen and oxygen atoms in total. The van der Waals surface area contributed by atoms with Crippen LogP contribution in [0.4, 0.5) is 0 Å². The highest BCUT2D eigenvalue weighted by atomic mass is 35.5. The van der Waals surface area contributed by atoms with Crippen LogP contribution in [-0.2, 0) is 16.6 Å². The molecule has 0 bridgehead atoms. The van der Waals surface area contributed by atoms with Gasteiger partial charge in [-0.15, -0.1) is 0 Å². The quantitative estimate of drug-likeness (QED) is 0.901. The van der Waals surface area contributed by atoms with E-state index in [1.807, 2.05) is 0 Å². The van der Waals surface area contributed by atoms with E-state index >= 15 is 0 Å². The van der Waals surface area contributed by atoms with Crippen LogP contribution in [0.2, 0.25) is 15.1 Å². The van der Waals surface area contributed by atoms with Crippen LogP contribution < -0.4 is 4.72 Å². The van der Waals surface area contributed by atoms with Gasteiger partial charge in [-0.2, -0.15) is 0 Å². The summed E-state index contributed by atoms with van der Waals surface area (Å²) in [5.74, 6) is 0. The van der Waals surface area contributed by atoms with E-state index in [0.29, 0.717) is 15.6 Å². The average Bonchev–Trinajstić information content (AvgIpc) is 2.37. The topological polar surface area (TPSA) is 46.2 Å². The van der Waals surface area contributed by atoms with Crippen LogP contribution in [0.25, 0.3) is 0 Å². The van der Waals surface area contributed by atoms with Gasteiger partial charge in [-0.3, -0.25) is 0 Å². The van der Waals surface area contributed by atoms with E-state index in [1.165, 1.54) is 18.2 Å². The number of nitrogens with one attached hydrogen (secondary N) is 1. The van der Waals surface area contributed by atoms with Crippen LogP contribution in [-0.4, -0.2) is 8.42 Å². The lowest BCUT2D eigenvalue weighted by Crippen LogP contribution is -2.23. The molecule has 1 N–H and O–H groups in total. The van der Waals surface area contributed by atoms with E-state index in [-0.39, 0.29) is 16.5 Å². The van der Waals surface area contributed by atoms with Crippen LogP contribution >= 0.6 is 34.8 Å². The Bertz CT molecular complexity index is 732. The van der Waals surface area contributed by atoms with Gasteiger partial charge < -0.3 is 0 Å². The van der Waals surface area contributed by atoms with Crippen molar-refractivity contribution in [2.24, 2.45) is 0 Å². The van der Waals surface area contributed by atoms with Crippen molar-refractivity contribution in [2.75, 3.05) is 0 Å². The van der Waals surface area contributed by atoms with E-state index in [1.54, 1.807) is 24.3 Å². The molecule has 0 heterocycles. The monoisotopic (exact) mass is 349 g/mol. The SMILES string of the molecule is O=S(=O)(NCc1ccccc1Cl)c1ccc(Cl)cc1Cl. The first-order valence-electron chi connectivity index (χ1n) is 5.58. The van der Waals surface area contributed by atoms with Crippen molar-refractivity contribution in [3.05, 3.63) is 63.1 Å². The van der Waals surface area contributed by atoms with Gasteiger partial charge in [-0.05, 0) is 29.8 Å². The lowest BCUT2D eigenvalue weighted by atomic mass is 10.2. The molecule has 20 heavy (non-hydrogen) atoms. The van der Waals surface area contributed by atoms with Crippen molar-refractivity contribution in [3.63, 3.8) is 0 Å². The van der Waals surface area contributed by atoms with Crippen LogP contribution in [0, 0.1) is 0 Å². The molecule has 106 valence electrons. The second kappa shape index (κ2) is 6.33. The van der Waals surface area contributed by atoms with Crippen molar-refractivity contribution in [1.82, 2.24) is 4.72 Å². The summed E-state index contributed by atoms with van der Waals surface area (Å²) in [5.41, 5.74) is 0.683. The molecular weight excluding hydrogens is 341 g/mol. The van der Waals surface area contributed by atoms with Crippen LogP contribution in [0.5, 0.6) is 0 Å². The maximum atomic E-state index is 12.2. The third-order valence-electron chi connectivity index (χ3n) is 2.59. The summed E-state index contributed by atoms with van der Waals surface area (Å²) >= 11 is 17.6. The molecule has 2 rings (SSSR count). The Hall–Kier alpha value is -0.780. The first kappa shape index (κ1) is 15.6.